The molecule has 0 radical (unpaired) electrons. The molecule has 2 amide bonds. The van der Waals surface area contributed by atoms with Crippen LogP contribution in [0.15, 0.2) is 0 Å². The van der Waals surface area contributed by atoms with Gasteiger partial charge in [-0.2, -0.15) is 0 Å². The Bertz CT molecular complexity index is 372. The van der Waals surface area contributed by atoms with E-state index < -0.39 is 16.9 Å². The molecule has 0 bridgehead atoms. The van der Waals surface area contributed by atoms with Gasteiger partial charge in [0.05, 0.1) is 11.0 Å². The fourth-order valence-electron chi connectivity index (χ4n) is 2.62. The van der Waals surface area contributed by atoms with Crippen LogP contribution in [0.1, 0.15) is 66.2 Å². The molecule has 0 aromatic heterocycles. The number of carboxylic acid groups (broad SMARTS) is 1. The summed E-state index contributed by atoms with van der Waals surface area (Å²) in [5.74, 6) is -0.197. The number of rotatable bonds is 6. The van der Waals surface area contributed by atoms with Crippen molar-refractivity contribution < 1.29 is 14.7 Å². The van der Waals surface area contributed by atoms with Crippen LogP contribution in [-0.4, -0.2) is 29.2 Å². The summed E-state index contributed by atoms with van der Waals surface area (Å²) in [7, 11) is 0. The van der Waals surface area contributed by atoms with Crippen LogP contribution in [0.25, 0.3) is 0 Å². The highest BCUT2D eigenvalue weighted by atomic mass is 16.4. The molecule has 3 N–H and O–H groups in total. The van der Waals surface area contributed by atoms with Crippen LogP contribution < -0.4 is 10.6 Å². The molecule has 0 atom stereocenters. The maximum absolute atomic E-state index is 12.0. The van der Waals surface area contributed by atoms with Crippen LogP contribution >= 0.6 is 0 Å². The van der Waals surface area contributed by atoms with Gasteiger partial charge in [0, 0.05) is 6.54 Å². The van der Waals surface area contributed by atoms with Gasteiger partial charge < -0.3 is 15.7 Å². The predicted molar refractivity (Wildman–Crippen MR) is 83.2 cm³/mol. The molecule has 1 fully saturated rings. The first-order chi connectivity index (χ1) is 9.67. The highest BCUT2D eigenvalue weighted by Crippen LogP contribution is 2.30. The Kier molecular flexibility index (Phi) is 6.05. The lowest BCUT2D eigenvalue weighted by Crippen LogP contribution is -2.59. The van der Waals surface area contributed by atoms with Gasteiger partial charge in [-0.1, -0.05) is 32.1 Å². The van der Waals surface area contributed by atoms with E-state index in [-0.39, 0.29) is 6.03 Å². The zero-order chi connectivity index (χ0) is 16.1. The third-order valence-corrected chi connectivity index (χ3v) is 5.09. The van der Waals surface area contributed by atoms with Crippen LogP contribution in [0.5, 0.6) is 0 Å². The summed E-state index contributed by atoms with van der Waals surface area (Å²) in [5, 5.41) is 14.9. The number of urea groups is 1. The molecule has 5 heteroatoms. The van der Waals surface area contributed by atoms with E-state index >= 15 is 0 Å². The average Bonchev–Trinajstić information content (AvgIpc) is 2.38. The fraction of sp³-hybridized carbons (Fsp3) is 0.875. The Morgan fingerprint density at radius 3 is 2.19 bits per heavy atom. The minimum atomic E-state index is -1.03. The summed E-state index contributed by atoms with van der Waals surface area (Å²) in [6.45, 7) is 7.37. The zero-order valence-electron chi connectivity index (χ0n) is 13.8. The third-order valence-electron chi connectivity index (χ3n) is 5.09. The lowest BCUT2D eigenvalue weighted by molar-refractivity contribution is -0.150. The molecule has 0 aromatic rings. The van der Waals surface area contributed by atoms with Gasteiger partial charge in [-0.25, -0.2) is 4.79 Å². The summed E-state index contributed by atoms with van der Waals surface area (Å²) in [6.07, 6.45) is 7.48. The second-order valence-corrected chi connectivity index (χ2v) is 7.23. The lowest BCUT2D eigenvalue weighted by atomic mass is 9.74. The molecule has 0 heterocycles. The molecule has 122 valence electrons. The summed E-state index contributed by atoms with van der Waals surface area (Å²) < 4.78 is 0. The Morgan fingerprint density at radius 1 is 1.10 bits per heavy atom. The van der Waals surface area contributed by atoms with Gasteiger partial charge in [0.2, 0.25) is 0 Å². The van der Waals surface area contributed by atoms with Crippen molar-refractivity contribution in [3.8, 4) is 0 Å². The molecule has 5 nitrogen and oxygen atoms in total. The second-order valence-electron chi connectivity index (χ2n) is 7.23. The van der Waals surface area contributed by atoms with Gasteiger partial charge in [0.15, 0.2) is 0 Å². The molecule has 0 spiro atoms. The normalized spacial score (nSPS) is 17.3. The van der Waals surface area contributed by atoms with E-state index in [9.17, 15) is 14.7 Å². The highest BCUT2D eigenvalue weighted by Gasteiger charge is 2.44. The molecule has 1 saturated carbocycles. The summed E-state index contributed by atoms with van der Waals surface area (Å²) in [4.78, 5) is 23.3. The van der Waals surface area contributed by atoms with E-state index in [2.05, 4.69) is 10.6 Å². The first-order valence-corrected chi connectivity index (χ1v) is 7.96. The Labute approximate surface area is 127 Å². The first kappa shape index (κ1) is 17.8. The van der Waals surface area contributed by atoms with E-state index in [1.807, 2.05) is 0 Å². The average molecular weight is 298 g/mol. The number of hydrogen-bond donors (Lipinski definition) is 3. The molecular formula is C16H30N2O3. The van der Waals surface area contributed by atoms with Crippen molar-refractivity contribution in [3.05, 3.63) is 0 Å². The van der Waals surface area contributed by atoms with Crippen LogP contribution in [-0.2, 0) is 4.79 Å². The highest BCUT2D eigenvalue weighted by molar-refractivity contribution is 5.79. The molecule has 1 aliphatic rings. The van der Waals surface area contributed by atoms with Crippen LogP contribution in [0.4, 0.5) is 4.79 Å². The zero-order valence-corrected chi connectivity index (χ0v) is 13.8. The van der Waals surface area contributed by atoms with Gasteiger partial charge in [0.1, 0.15) is 0 Å². The summed E-state index contributed by atoms with van der Waals surface area (Å²) in [5.41, 5.74) is -1.86. The van der Waals surface area contributed by atoms with E-state index in [0.717, 1.165) is 12.3 Å². The smallest absolute Gasteiger partial charge is 0.315 e. The molecule has 1 aliphatic carbocycles. The minimum absolute atomic E-state index is 0.287. The van der Waals surface area contributed by atoms with Gasteiger partial charge >= 0.3 is 12.0 Å². The molecule has 21 heavy (non-hydrogen) atoms. The minimum Gasteiger partial charge on any atom is -0.481 e. The van der Waals surface area contributed by atoms with Crippen molar-refractivity contribution in [2.45, 2.75) is 71.8 Å². The first-order valence-electron chi connectivity index (χ1n) is 7.96. The van der Waals surface area contributed by atoms with E-state index in [1.165, 1.54) is 32.1 Å². The maximum atomic E-state index is 12.0. The van der Waals surface area contributed by atoms with Crippen LogP contribution in [0, 0.1) is 11.3 Å². The van der Waals surface area contributed by atoms with Crippen molar-refractivity contribution in [1.29, 1.82) is 0 Å². The SMILES string of the molecule is CC(C)(NC(=O)NCCC1CCCCC1)C(C)(C)C(=O)O. The van der Waals surface area contributed by atoms with Crippen molar-refractivity contribution in [2.75, 3.05) is 6.54 Å². The molecule has 0 aliphatic heterocycles. The third kappa shape index (κ3) is 4.90. The number of carbonyl (C=O) groups is 2. The van der Waals surface area contributed by atoms with Crippen molar-refractivity contribution in [3.63, 3.8) is 0 Å². The standard InChI is InChI=1S/C16H30N2O3/c1-15(2,13(19)20)16(3,4)18-14(21)17-11-10-12-8-6-5-7-9-12/h12H,5-11H2,1-4H3,(H,19,20)(H2,17,18,21). The largest absolute Gasteiger partial charge is 0.481 e. The quantitative estimate of drug-likeness (QED) is 0.705. The fourth-order valence-corrected chi connectivity index (χ4v) is 2.62. The summed E-state index contributed by atoms with van der Waals surface area (Å²) in [6, 6.07) is -0.287. The Balaban J connectivity index is 2.37. The summed E-state index contributed by atoms with van der Waals surface area (Å²) >= 11 is 0. The maximum Gasteiger partial charge on any atom is 0.315 e. The van der Waals surface area contributed by atoms with Gasteiger partial charge in [-0.3, -0.25) is 4.79 Å². The number of nitrogens with one attached hydrogen (secondary N) is 2. The van der Waals surface area contributed by atoms with E-state index in [1.54, 1.807) is 27.7 Å². The monoisotopic (exact) mass is 298 g/mol. The van der Waals surface area contributed by atoms with Crippen LogP contribution in [0.3, 0.4) is 0 Å². The van der Waals surface area contributed by atoms with Gasteiger partial charge in [-0.05, 0) is 40.0 Å². The Morgan fingerprint density at radius 2 is 1.67 bits per heavy atom. The van der Waals surface area contributed by atoms with Crippen molar-refractivity contribution >= 4 is 12.0 Å². The van der Waals surface area contributed by atoms with Crippen molar-refractivity contribution in [2.24, 2.45) is 11.3 Å². The number of amides is 2. The number of hydrogen-bond acceptors (Lipinski definition) is 2. The molecule has 1 rings (SSSR count). The van der Waals surface area contributed by atoms with Gasteiger partial charge in [0.25, 0.3) is 0 Å². The Hall–Kier alpha value is -1.26. The van der Waals surface area contributed by atoms with E-state index in [0.29, 0.717) is 6.54 Å². The second kappa shape index (κ2) is 7.14. The van der Waals surface area contributed by atoms with Gasteiger partial charge in [-0.15, -0.1) is 0 Å². The molecule has 0 aromatic carbocycles. The number of carbonyl (C=O) groups excluding carboxylic acids is 1. The number of carboxylic acids is 1. The number of aliphatic carboxylic acids is 1. The van der Waals surface area contributed by atoms with Crippen LogP contribution in [0.2, 0.25) is 0 Å². The van der Waals surface area contributed by atoms with E-state index in [4.69, 9.17) is 0 Å². The predicted octanol–water partition coefficient (Wildman–Crippen LogP) is 3.15. The topological polar surface area (TPSA) is 78.4 Å². The molecule has 0 saturated heterocycles. The molecular weight excluding hydrogens is 268 g/mol. The lowest BCUT2D eigenvalue weighted by Gasteiger charge is -2.38. The molecule has 0 unspecified atom stereocenters. The van der Waals surface area contributed by atoms with Crippen molar-refractivity contribution in [1.82, 2.24) is 10.6 Å².